The SMILES string of the molecule is C=CCCC1CCC(c2ccc(-c3ccc(-c4ccc(CCCCCCCCCC)c(F)c4F)cc3)cc2F)CO1. The number of ether oxygens (including phenoxy) is 1. The summed E-state index contributed by atoms with van der Waals surface area (Å²) in [6, 6.07) is 16.0. The third kappa shape index (κ3) is 8.58. The van der Waals surface area contributed by atoms with Crippen molar-refractivity contribution in [3.05, 3.63) is 95.8 Å². The second-order valence-corrected chi connectivity index (χ2v) is 11.5. The van der Waals surface area contributed by atoms with Gasteiger partial charge in [-0.1, -0.05) is 106 Å². The molecule has 3 aromatic carbocycles. The Morgan fingerprint density at radius 1 is 0.780 bits per heavy atom. The van der Waals surface area contributed by atoms with Crippen molar-refractivity contribution in [2.75, 3.05) is 6.61 Å². The summed E-state index contributed by atoms with van der Waals surface area (Å²) in [5.74, 6) is -1.72. The predicted molar refractivity (Wildman–Crippen MR) is 165 cm³/mol. The lowest BCUT2D eigenvalue weighted by Crippen LogP contribution is -2.25. The average molecular weight is 563 g/mol. The van der Waals surface area contributed by atoms with Crippen LogP contribution in [0.5, 0.6) is 0 Å². The molecule has 1 fully saturated rings. The lowest BCUT2D eigenvalue weighted by molar-refractivity contribution is -0.000784. The normalized spacial score (nSPS) is 17.1. The number of hydrogen-bond donors (Lipinski definition) is 0. The average Bonchev–Trinajstić information content (AvgIpc) is 3.00. The van der Waals surface area contributed by atoms with Crippen molar-refractivity contribution in [3.8, 4) is 22.3 Å². The number of hydrogen-bond acceptors (Lipinski definition) is 1. The van der Waals surface area contributed by atoms with E-state index in [1.165, 1.54) is 32.1 Å². The Morgan fingerprint density at radius 3 is 2.12 bits per heavy atom. The molecule has 41 heavy (non-hydrogen) atoms. The molecule has 0 bridgehead atoms. The molecule has 0 aliphatic carbocycles. The van der Waals surface area contributed by atoms with Crippen LogP contribution in [0, 0.1) is 17.5 Å². The minimum atomic E-state index is -0.799. The van der Waals surface area contributed by atoms with E-state index in [2.05, 4.69) is 13.5 Å². The van der Waals surface area contributed by atoms with E-state index in [0.717, 1.165) is 56.1 Å². The van der Waals surface area contributed by atoms with Gasteiger partial charge >= 0.3 is 0 Å². The van der Waals surface area contributed by atoms with Crippen molar-refractivity contribution in [1.29, 1.82) is 0 Å². The van der Waals surface area contributed by atoms with Crippen molar-refractivity contribution < 1.29 is 17.9 Å². The second kappa shape index (κ2) is 16.0. The van der Waals surface area contributed by atoms with E-state index in [0.29, 0.717) is 29.7 Å². The minimum absolute atomic E-state index is 0.0581. The van der Waals surface area contributed by atoms with Crippen LogP contribution in [0.1, 0.15) is 101 Å². The van der Waals surface area contributed by atoms with E-state index < -0.39 is 11.6 Å². The monoisotopic (exact) mass is 562 g/mol. The van der Waals surface area contributed by atoms with Gasteiger partial charge in [-0.2, -0.15) is 0 Å². The van der Waals surface area contributed by atoms with E-state index in [-0.39, 0.29) is 23.4 Å². The first kappa shape index (κ1) is 31.1. The molecule has 3 aromatic rings. The van der Waals surface area contributed by atoms with Crippen molar-refractivity contribution in [2.45, 2.75) is 102 Å². The molecule has 1 aliphatic rings. The highest BCUT2D eigenvalue weighted by atomic mass is 19.2. The summed E-state index contributed by atoms with van der Waals surface area (Å²) in [5, 5.41) is 0. The van der Waals surface area contributed by atoms with Gasteiger partial charge in [0.25, 0.3) is 0 Å². The Labute approximate surface area is 244 Å². The minimum Gasteiger partial charge on any atom is -0.378 e. The Kier molecular flexibility index (Phi) is 12.1. The first-order valence-electron chi connectivity index (χ1n) is 15.6. The summed E-state index contributed by atoms with van der Waals surface area (Å²) in [5.41, 5.74) is 3.57. The molecule has 1 heterocycles. The third-order valence-electron chi connectivity index (χ3n) is 8.49. The van der Waals surface area contributed by atoms with Gasteiger partial charge in [0.05, 0.1) is 12.7 Å². The van der Waals surface area contributed by atoms with Gasteiger partial charge in [-0.05, 0) is 72.4 Å². The molecular formula is C37H45F3O. The summed E-state index contributed by atoms with van der Waals surface area (Å²) in [7, 11) is 0. The van der Waals surface area contributed by atoms with Gasteiger partial charge in [0.2, 0.25) is 0 Å². The molecular weight excluding hydrogens is 517 g/mol. The number of benzene rings is 3. The van der Waals surface area contributed by atoms with E-state index in [4.69, 9.17) is 4.74 Å². The fourth-order valence-corrected chi connectivity index (χ4v) is 5.92. The molecule has 0 amide bonds. The molecule has 2 atom stereocenters. The van der Waals surface area contributed by atoms with E-state index in [9.17, 15) is 4.39 Å². The van der Waals surface area contributed by atoms with Gasteiger partial charge in [-0.15, -0.1) is 6.58 Å². The quantitative estimate of drug-likeness (QED) is 0.132. The molecule has 0 saturated carbocycles. The van der Waals surface area contributed by atoms with E-state index >= 15 is 8.78 Å². The first-order valence-corrected chi connectivity index (χ1v) is 15.6. The number of unbranched alkanes of at least 4 members (excludes halogenated alkanes) is 7. The smallest absolute Gasteiger partial charge is 0.166 e. The van der Waals surface area contributed by atoms with Crippen molar-refractivity contribution in [1.82, 2.24) is 0 Å². The second-order valence-electron chi connectivity index (χ2n) is 11.5. The largest absolute Gasteiger partial charge is 0.378 e. The highest BCUT2D eigenvalue weighted by molar-refractivity contribution is 5.71. The number of aryl methyl sites for hydroxylation is 1. The van der Waals surface area contributed by atoms with Crippen molar-refractivity contribution in [2.24, 2.45) is 0 Å². The van der Waals surface area contributed by atoms with Gasteiger partial charge in [-0.25, -0.2) is 13.2 Å². The standard InChI is InChI=1S/C37H45F3O/c1-3-5-7-8-9-10-11-12-13-29-20-24-34(37(40)36(29)39)28-17-15-27(16-18-28)30-21-23-33(35(38)25-30)31-19-22-32(41-26-31)14-6-4-2/h4,15-18,20-21,23-25,31-32H,2-3,5-14,19,22,26H2,1H3. The van der Waals surface area contributed by atoms with E-state index in [1.54, 1.807) is 30.3 Å². The van der Waals surface area contributed by atoms with Crippen molar-refractivity contribution in [3.63, 3.8) is 0 Å². The Hall–Kier alpha value is -2.85. The maximum absolute atomic E-state index is 15.1. The third-order valence-corrected chi connectivity index (χ3v) is 8.49. The lowest BCUT2D eigenvalue weighted by Gasteiger charge is -2.29. The zero-order valence-electron chi connectivity index (χ0n) is 24.6. The van der Waals surface area contributed by atoms with Crippen LogP contribution in [0.4, 0.5) is 13.2 Å². The zero-order valence-corrected chi connectivity index (χ0v) is 24.6. The number of allylic oxidation sites excluding steroid dienone is 1. The summed E-state index contributed by atoms with van der Waals surface area (Å²) < 4.78 is 51.0. The van der Waals surface area contributed by atoms with Gasteiger partial charge in [0, 0.05) is 11.5 Å². The molecule has 1 saturated heterocycles. The number of halogens is 3. The molecule has 0 radical (unpaired) electrons. The van der Waals surface area contributed by atoms with Crippen LogP contribution >= 0.6 is 0 Å². The van der Waals surface area contributed by atoms with Crippen LogP contribution in [0.2, 0.25) is 0 Å². The van der Waals surface area contributed by atoms with Gasteiger partial charge in [0.15, 0.2) is 11.6 Å². The molecule has 1 aliphatic heterocycles. The topological polar surface area (TPSA) is 9.23 Å². The summed E-state index contributed by atoms with van der Waals surface area (Å²) in [4.78, 5) is 0. The lowest BCUT2D eigenvalue weighted by atomic mass is 9.89. The Balaban J connectivity index is 1.34. The van der Waals surface area contributed by atoms with Crippen LogP contribution in [0.25, 0.3) is 22.3 Å². The molecule has 1 nitrogen and oxygen atoms in total. The predicted octanol–water partition coefficient (Wildman–Crippen LogP) is 11.3. The summed E-state index contributed by atoms with van der Waals surface area (Å²) >= 11 is 0. The van der Waals surface area contributed by atoms with Crippen LogP contribution < -0.4 is 0 Å². The molecule has 4 heteroatoms. The maximum Gasteiger partial charge on any atom is 0.166 e. The Bertz CT molecular complexity index is 1240. The molecule has 220 valence electrons. The zero-order chi connectivity index (χ0) is 29.0. The highest BCUT2D eigenvalue weighted by Crippen LogP contribution is 2.34. The molecule has 0 spiro atoms. The van der Waals surface area contributed by atoms with E-state index in [1.807, 2.05) is 30.3 Å². The molecule has 2 unspecified atom stereocenters. The van der Waals surface area contributed by atoms with Gasteiger partial charge < -0.3 is 4.74 Å². The maximum atomic E-state index is 15.1. The number of rotatable bonds is 15. The molecule has 4 rings (SSSR count). The van der Waals surface area contributed by atoms with Crippen LogP contribution in [-0.4, -0.2) is 12.7 Å². The summed E-state index contributed by atoms with van der Waals surface area (Å²) in [6.07, 6.45) is 15.8. The van der Waals surface area contributed by atoms with Gasteiger partial charge in [-0.3, -0.25) is 0 Å². The highest BCUT2D eigenvalue weighted by Gasteiger charge is 2.25. The van der Waals surface area contributed by atoms with Crippen LogP contribution in [0.15, 0.2) is 67.3 Å². The fourth-order valence-electron chi connectivity index (χ4n) is 5.92. The van der Waals surface area contributed by atoms with Crippen molar-refractivity contribution >= 4 is 0 Å². The van der Waals surface area contributed by atoms with Gasteiger partial charge in [0.1, 0.15) is 5.82 Å². The fraction of sp³-hybridized carbons (Fsp3) is 0.459. The molecule has 0 aromatic heterocycles. The first-order chi connectivity index (χ1) is 20.0. The van der Waals surface area contributed by atoms with Crippen LogP contribution in [0.3, 0.4) is 0 Å². The molecule has 0 N–H and O–H groups in total. The summed E-state index contributed by atoms with van der Waals surface area (Å²) in [6.45, 7) is 6.51. The Morgan fingerprint density at radius 2 is 1.46 bits per heavy atom. The van der Waals surface area contributed by atoms with Crippen LogP contribution in [-0.2, 0) is 11.2 Å².